The number of fused-ring (bicyclic) bond motifs is 1. The second kappa shape index (κ2) is 9.84. The van der Waals surface area contributed by atoms with Crippen molar-refractivity contribution < 1.29 is 28.5 Å². The predicted octanol–water partition coefficient (Wildman–Crippen LogP) is 3.25. The molecule has 0 spiro atoms. The predicted molar refractivity (Wildman–Crippen MR) is 129 cm³/mol. The lowest BCUT2D eigenvalue weighted by molar-refractivity contribution is -0.113. The minimum absolute atomic E-state index is 0.360. The molecule has 2 aromatic carbocycles. The summed E-state index contributed by atoms with van der Waals surface area (Å²) >= 11 is 0. The molecule has 11 nitrogen and oxygen atoms in total. The maximum atomic E-state index is 13.7. The number of rotatable bonds is 8. The molecule has 1 aromatic heterocycles. The van der Waals surface area contributed by atoms with E-state index in [2.05, 4.69) is 20.7 Å². The Kier molecular flexibility index (Phi) is 6.67. The van der Waals surface area contributed by atoms with E-state index in [0.717, 1.165) is 0 Å². The molecule has 2 heterocycles. The molecule has 4 rings (SSSR count). The summed E-state index contributed by atoms with van der Waals surface area (Å²) in [6.45, 7) is 1.81. The Balaban J connectivity index is 1.83. The van der Waals surface area contributed by atoms with Crippen LogP contribution in [0.5, 0.6) is 28.7 Å². The van der Waals surface area contributed by atoms with Gasteiger partial charge in [-0.3, -0.25) is 4.79 Å². The summed E-state index contributed by atoms with van der Waals surface area (Å²) in [5, 5.41) is 10.5. The second-order valence-corrected chi connectivity index (χ2v) is 7.57. The smallest absolute Gasteiger partial charge is 0.255 e. The number of hydrogen-bond donors (Lipinski definition) is 2. The third kappa shape index (κ3) is 4.27. The summed E-state index contributed by atoms with van der Waals surface area (Å²) in [6.07, 6.45) is 1.42. The van der Waals surface area contributed by atoms with Crippen LogP contribution < -0.4 is 34.3 Å². The number of nitrogens with one attached hydrogen (secondary N) is 2. The lowest BCUT2D eigenvalue weighted by Crippen LogP contribution is -2.31. The molecule has 1 aliphatic rings. The number of benzene rings is 2. The molecular weight excluding hydrogens is 454 g/mol. The van der Waals surface area contributed by atoms with E-state index in [4.69, 9.17) is 23.7 Å². The second-order valence-electron chi connectivity index (χ2n) is 7.57. The topological polar surface area (TPSA) is 118 Å². The van der Waals surface area contributed by atoms with Crippen LogP contribution in [0.25, 0.3) is 0 Å². The molecule has 11 heteroatoms. The molecule has 0 radical (unpaired) electrons. The van der Waals surface area contributed by atoms with Crippen LogP contribution in [0.3, 0.4) is 0 Å². The molecule has 184 valence electrons. The van der Waals surface area contributed by atoms with Crippen LogP contribution in [-0.2, 0) is 4.79 Å². The highest BCUT2D eigenvalue weighted by Gasteiger charge is 2.35. The zero-order valence-corrected chi connectivity index (χ0v) is 20.3. The molecule has 3 aromatic rings. The summed E-state index contributed by atoms with van der Waals surface area (Å²) in [5.41, 5.74) is 2.19. The van der Waals surface area contributed by atoms with Gasteiger partial charge in [-0.2, -0.15) is 10.1 Å². The van der Waals surface area contributed by atoms with Gasteiger partial charge in [-0.25, -0.2) is 4.68 Å². The maximum absolute atomic E-state index is 13.7. The van der Waals surface area contributed by atoms with Gasteiger partial charge in [0, 0.05) is 11.8 Å². The van der Waals surface area contributed by atoms with Gasteiger partial charge in [0.25, 0.3) is 5.91 Å². The van der Waals surface area contributed by atoms with E-state index in [1.165, 1.54) is 34.8 Å². The lowest BCUT2D eigenvalue weighted by Gasteiger charge is -2.29. The summed E-state index contributed by atoms with van der Waals surface area (Å²) in [7, 11) is 7.69. The largest absolute Gasteiger partial charge is 0.497 e. The van der Waals surface area contributed by atoms with Crippen molar-refractivity contribution in [3.8, 4) is 28.7 Å². The third-order valence-electron chi connectivity index (χ3n) is 5.70. The molecule has 0 fully saturated rings. The maximum Gasteiger partial charge on any atom is 0.255 e. The number of amides is 1. The first-order chi connectivity index (χ1) is 16.9. The van der Waals surface area contributed by atoms with Gasteiger partial charge in [0.1, 0.15) is 23.9 Å². The summed E-state index contributed by atoms with van der Waals surface area (Å²) in [6, 6.07) is 8.10. The molecule has 0 unspecified atom stereocenters. The Morgan fingerprint density at radius 2 is 1.63 bits per heavy atom. The zero-order chi connectivity index (χ0) is 25.1. The highest BCUT2D eigenvalue weighted by molar-refractivity contribution is 6.06. The average Bonchev–Trinajstić information content (AvgIpc) is 3.34. The molecule has 1 amide bonds. The van der Waals surface area contributed by atoms with E-state index in [1.54, 1.807) is 49.0 Å². The van der Waals surface area contributed by atoms with Gasteiger partial charge in [0.2, 0.25) is 11.7 Å². The minimum atomic E-state index is -0.640. The Labute approximate surface area is 202 Å². The molecular formula is C24H27N5O6. The van der Waals surface area contributed by atoms with Gasteiger partial charge in [-0.05, 0) is 36.8 Å². The monoisotopic (exact) mass is 481 g/mol. The Bertz CT molecular complexity index is 1260. The summed E-state index contributed by atoms with van der Waals surface area (Å²) < 4.78 is 28.9. The molecule has 0 saturated carbocycles. The van der Waals surface area contributed by atoms with Crippen molar-refractivity contribution in [2.75, 3.05) is 46.2 Å². The van der Waals surface area contributed by atoms with Crippen LogP contribution in [0.2, 0.25) is 0 Å². The SMILES string of the molecule is COc1ccc(OC)c(NC(=O)C2=C(C)Nc3ncnn3[C@H]2c2cc(OC)c(OC)c(OC)c2)c1. The number of nitrogens with zero attached hydrogens (tertiary/aromatic N) is 3. The molecule has 0 saturated heterocycles. The zero-order valence-electron chi connectivity index (χ0n) is 20.3. The summed E-state index contributed by atoms with van der Waals surface area (Å²) in [4.78, 5) is 18.0. The first-order valence-electron chi connectivity index (χ1n) is 10.7. The number of methoxy groups -OCH3 is 5. The van der Waals surface area contributed by atoms with E-state index >= 15 is 0 Å². The van der Waals surface area contributed by atoms with Gasteiger partial charge in [-0.1, -0.05) is 0 Å². The van der Waals surface area contributed by atoms with Crippen molar-refractivity contribution in [2.45, 2.75) is 13.0 Å². The van der Waals surface area contributed by atoms with Crippen molar-refractivity contribution in [3.63, 3.8) is 0 Å². The normalized spacial score (nSPS) is 14.5. The fourth-order valence-corrected chi connectivity index (χ4v) is 4.05. The van der Waals surface area contributed by atoms with Crippen LogP contribution in [0.4, 0.5) is 11.6 Å². The highest BCUT2D eigenvalue weighted by atomic mass is 16.5. The highest BCUT2D eigenvalue weighted by Crippen LogP contribution is 2.44. The molecule has 2 N–H and O–H groups in total. The fraction of sp³-hybridized carbons (Fsp3) is 0.292. The van der Waals surface area contributed by atoms with Crippen molar-refractivity contribution >= 4 is 17.5 Å². The first kappa shape index (κ1) is 23.7. The van der Waals surface area contributed by atoms with Gasteiger partial charge < -0.3 is 34.3 Å². The fourth-order valence-electron chi connectivity index (χ4n) is 4.05. The summed E-state index contributed by atoms with van der Waals surface area (Å²) in [5.74, 6) is 2.56. The third-order valence-corrected chi connectivity index (χ3v) is 5.70. The number of carbonyl (C=O) groups excluding carboxylic acids is 1. The van der Waals surface area contributed by atoms with Crippen LogP contribution in [-0.4, -0.2) is 56.2 Å². The molecule has 0 bridgehead atoms. The number of aromatic nitrogens is 3. The Morgan fingerprint density at radius 3 is 2.23 bits per heavy atom. The first-order valence-corrected chi connectivity index (χ1v) is 10.7. The van der Waals surface area contributed by atoms with Crippen molar-refractivity contribution in [1.82, 2.24) is 14.8 Å². The van der Waals surface area contributed by atoms with E-state index < -0.39 is 6.04 Å². The lowest BCUT2D eigenvalue weighted by atomic mass is 9.94. The standard InChI is InChI=1S/C24H27N5O6/c1-13-20(23(30)28-16-11-15(31-2)7-8-17(16)32-3)21(29-24(27-13)25-12-26-29)14-9-18(33-4)22(35-6)19(10-14)34-5/h7-12,21H,1-6H3,(H,28,30)(H,25,26,27)/t21-/m0/s1. The van der Waals surface area contributed by atoms with Gasteiger partial charge in [0.05, 0.1) is 46.8 Å². The number of anilines is 2. The van der Waals surface area contributed by atoms with Gasteiger partial charge >= 0.3 is 0 Å². The number of allylic oxidation sites excluding steroid dienone is 1. The quantitative estimate of drug-likeness (QED) is 0.500. The van der Waals surface area contributed by atoms with Crippen LogP contribution in [0.15, 0.2) is 47.9 Å². The molecule has 1 atom stereocenters. The number of carbonyl (C=O) groups is 1. The van der Waals surface area contributed by atoms with E-state index in [0.29, 0.717) is 57.2 Å². The van der Waals surface area contributed by atoms with Crippen molar-refractivity contribution in [2.24, 2.45) is 0 Å². The number of hydrogen-bond acceptors (Lipinski definition) is 9. The van der Waals surface area contributed by atoms with Crippen molar-refractivity contribution in [1.29, 1.82) is 0 Å². The van der Waals surface area contributed by atoms with E-state index in [1.807, 2.05) is 0 Å². The van der Waals surface area contributed by atoms with Crippen LogP contribution in [0, 0.1) is 0 Å². The Hall–Kier alpha value is -4.41. The van der Waals surface area contributed by atoms with Crippen molar-refractivity contribution in [3.05, 3.63) is 53.5 Å². The van der Waals surface area contributed by atoms with Crippen LogP contribution >= 0.6 is 0 Å². The molecule has 35 heavy (non-hydrogen) atoms. The van der Waals surface area contributed by atoms with E-state index in [9.17, 15) is 4.79 Å². The van der Waals surface area contributed by atoms with E-state index in [-0.39, 0.29) is 5.91 Å². The molecule has 0 aliphatic carbocycles. The number of ether oxygens (including phenoxy) is 5. The van der Waals surface area contributed by atoms with Gasteiger partial charge in [0.15, 0.2) is 11.5 Å². The molecule has 1 aliphatic heterocycles. The Morgan fingerprint density at radius 1 is 0.943 bits per heavy atom. The average molecular weight is 482 g/mol. The van der Waals surface area contributed by atoms with Crippen LogP contribution in [0.1, 0.15) is 18.5 Å². The van der Waals surface area contributed by atoms with Gasteiger partial charge in [-0.15, -0.1) is 0 Å². The minimum Gasteiger partial charge on any atom is -0.497 e.